The summed E-state index contributed by atoms with van der Waals surface area (Å²) in [4.78, 5) is 21.0. The molecule has 0 spiro atoms. The molecule has 0 bridgehead atoms. The number of amides is 1. The van der Waals surface area contributed by atoms with E-state index in [4.69, 9.17) is 0 Å². The van der Waals surface area contributed by atoms with Gasteiger partial charge in [-0.3, -0.25) is 14.9 Å². The average Bonchev–Trinajstić information content (AvgIpc) is 3.42. The van der Waals surface area contributed by atoms with E-state index in [1.807, 2.05) is 17.5 Å². The molecule has 0 aromatic carbocycles. The smallest absolute Gasteiger partial charge is 0.256 e. The fourth-order valence-corrected chi connectivity index (χ4v) is 3.19. The van der Waals surface area contributed by atoms with Crippen LogP contribution in [0.1, 0.15) is 16.1 Å². The molecule has 0 unspecified atom stereocenters. The molecule has 4 aromatic heterocycles. The van der Waals surface area contributed by atoms with E-state index in [9.17, 15) is 4.79 Å². The van der Waals surface area contributed by atoms with Crippen molar-refractivity contribution < 1.29 is 4.79 Å². The second kappa shape index (κ2) is 7.19. The number of aromatic nitrogens is 8. The Hall–Kier alpha value is -3.47. The Morgan fingerprint density at radius 3 is 3.00 bits per heavy atom. The maximum atomic E-state index is 12.4. The quantitative estimate of drug-likeness (QED) is 0.518. The molecule has 2 N–H and O–H groups in total. The number of hydrogen-bond donors (Lipinski definition) is 2. The molecule has 0 aliphatic carbocycles. The van der Waals surface area contributed by atoms with Crippen LogP contribution in [0.3, 0.4) is 0 Å². The summed E-state index contributed by atoms with van der Waals surface area (Å²) < 4.78 is 1.35. The number of thiazole rings is 1. The van der Waals surface area contributed by atoms with Crippen molar-refractivity contribution in [1.29, 1.82) is 0 Å². The van der Waals surface area contributed by atoms with Gasteiger partial charge in [0.1, 0.15) is 16.9 Å². The van der Waals surface area contributed by atoms with Crippen LogP contribution < -0.4 is 5.32 Å². The molecule has 0 saturated heterocycles. The van der Waals surface area contributed by atoms with Gasteiger partial charge in [-0.15, -0.1) is 16.4 Å². The molecule has 26 heavy (non-hydrogen) atoms. The number of carbonyl (C=O) groups excluding carboxylic acids is 1. The van der Waals surface area contributed by atoms with Crippen LogP contribution in [0.4, 0.5) is 0 Å². The molecular formula is C15H13N9OS. The molecular weight excluding hydrogens is 354 g/mol. The third kappa shape index (κ3) is 3.32. The summed E-state index contributed by atoms with van der Waals surface area (Å²) >= 11 is 1.57. The molecule has 0 radical (unpaired) electrons. The number of tetrazole rings is 1. The van der Waals surface area contributed by atoms with Gasteiger partial charge in [-0.05, 0) is 22.6 Å². The SMILES string of the molecule is O=C(NCCc1csc(-c2ccncc2)n1)c1cn[nH]c1-n1cnnn1. The molecule has 0 atom stereocenters. The minimum absolute atomic E-state index is 0.256. The number of rotatable bonds is 6. The number of carbonyl (C=O) groups is 1. The van der Waals surface area contributed by atoms with E-state index in [0.717, 1.165) is 16.3 Å². The van der Waals surface area contributed by atoms with Gasteiger partial charge in [-0.25, -0.2) is 4.98 Å². The molecule has 0 aliphatic rings. The predicted molar refractivity (Wildman–Crippen MR) is 92.7 cm³/mol. The van der Waals surface area contributed by atoms with Crippen molar-refractivity contribution in [3.8, 4) is 16.4 Å². The molecule has 4 rings (SSSR count). The van der Waals surface area contributed by atoms with E-state index in [0.29, 0.717) is 24.3 Å². The predicted octanol–water partition coefficient (Wildman–Crippen LogP) is 0.876. The van der Waals surface area contributed by atoms with E-state index in [2.05, 4.69) is 41.0 Å². The van der Waals surface area contributed by atoms with Gasteiger partial charge >= 0.3 is 0 Å². The van der Waals surface area contributed by atoms with Gasteiger partial charge in [0.25, 0.3) is 5.91 Å². The van der Waals surface area contributed by atoms with Crippen molar-refractivity contribution in [2.24, 2.45) is 0 Å². The number of H-pyrrole nitrogens is 1. The lowest BCUT2D eigenvalue weighted by Crippen LogP contribution is -2.26. The Kier molecular flexibility index (Phi) is 4.43. The van der Waals surface area contributed by atoms with Crippen molar-refractivity contribution >= 4 is 17.2 Å². The van der Waals surface area contributed by atoms with Gasteiger partial charge in [0.2, 0.25) is 0 Å². The lowest BCUT2D eigenvalue weighted by molar-refractivity contribution is 0.0954. The van der Waals surface area contributed by atoms with Gasteiger partial charge in [-0.1, -0.05) is 0 Å². The Morgan fingerprint density at radius 2 is 2.19 bits per heavy atom. The zero-order valence-electron chi connectivity index (χ0n) is 13.4. The van der Waals surface area contributed by atoms with Gasteiger partial charge in [0, 0.05) is 36.3 Å². The van der Waals surface area contributed by atoms with Gasteiger partial charge in [-0.2, -0.15) is 9.78 Å². The Morgan fingerprint density at radius 1 is 1.31 bits per heavy atom. The standard InChI is InChI=1S/C15H13N9OS/c25-14(12-7-18-21-13(12)24-9-19-22-23-24)17-6-3-11-8-26-15(20-11)10-1-4-16-5-2-10/h1-2,4-5,7-9H,3,6H2,(H,17,25)(H,18,21). The third-order valence-electron chi connectivity index (χ3n) is 3.59. The number of hydrogen-bond acceptors (Lipinski definition) is 8. The summed E-state index contributed by atoms with van der Waals surface area (Å²) in [7, 11) is 0. The maximum Gasteiger partial charge on any atom is 0.256 e. The molecule has 11 heteroatoms. The molecule has 0 saturated carbocycles. The zero-order chi connectivity index (χ0) is 17.8. The van der Waals surface area contributed by atoms with Crippen molar-refractivity contribution in [3.63, 3.8) is 0 Å². The molecule has 1 amide bonds. The average molecular weight is 367 g/mol. The lowest BCUT2D eigenvalue weighted by Gasteiger charge is -2.04. The minimum Gasteiger partial charge on any atom is -0.351 e. The summed E-state index contributed by atoms with van der Waals surface area (Å²) in [5, 5.41) is 23.2. The second-order valence-electron chi connectivity index (χ2n) is 5.27. The number of nitrogens with zero attached hydrogens (tertiary/aromatic N) is 7. The van der Waals surface area contributed by atoms with E-state index >= 15 is 0 Å². The number of pyridine rings is 1. The van der Waals surface area contributed by atoms with Crippen molar-refractivity contribution in [2.45, 2.75) is 6.42 Å². The molecule has 0 aliphatic heterocycles. The summed E-state index contributed by atoms with van der Waals surface area (Å²) in [5.41, 5.74) is 2.33. The summed E-state index contributed by atoms with van der Waals surface area (Å²) in [6.45, 7) is 0.457. The van der Waals surface area contributed by atoms with Crippen LogP contribution in [-0.4, -0.2) is 52.8 Å². The van der Waals surface area contributed by atoms with E-state index in [1.54, 1.807) is 23.7 Å². The molecule has 4 heterocycles. The highest BCUT2D eigenvalue weighted by atomic mass is 32.1. The first kappa shape index (κ1) is 16.0. The molecule has 4 aromatic rings. The van der Waals surface area contributed by atoms with Gasteiger partial charge in [0.05, 0.1) is 11.9 Å². The highest BCUT2D eigenvalue weighted by molar-refractivity contribution is 7.13. The Bertz CT molecular complexity index is 993. The van der Waals surface area contributed by atoms with Crippen molar-refractivity contribution in [2.75, 3.05) is 6.54 Å². The van der Waals surface area contributed by atoms with E-state index in [1.165, 1.54) is 17.2 Å². The maximum absolute atomic E-state index is 12.4. The van der Waals surface area contributed by atoms with Crippen LogP contribution in [0.25, 0.3) is 16.4 Å². The van der Waals surface area contributed by atoms with Crippen LogP contribution in [0.2, 0.25) is 0 Å². The largest absolute Gasteiger partial charge is 0.351 e. The topological polar surface area (TPSA) is 127 Å². The fourth-order valence-electron chi connectivity index (χ4n) is 2.33. The zero-order valence-corrected chi connectivity index (χ0v) is 14.2. The summed E-state index contributed by atoms with van der Waals surface area (Å²) in [6.07, 6.45) is 6.94. The molecule has 10 nitrogen and oxygen atoms in total. The first-order valence-electron chi connectivity index (χ1n) is 7.71. The Balaban J connectivity index is 1.36. The van der Waals surface area contributed by atoms with Crippen LogP contribution in [0, 0.1) is 0 Å². The molecule has 130 valence electrons. The normalized spacial score (nSPS) is 10.8. The van der Waals surface area contributed by atoms with Crippen molar-refractivity contribution in [1.82, 2.24) is 45.7 Å². The van der Waals surface area contributed by atoms with Gasteiger partial charge in [0.15, 0.2) is 5.82 Å². The van der Waals surface area contributed by atoms with Crippen molar-refractivity contribution in [3.05, 3.63) is 53.7 Å². The fraction of sp³-hybridized carbons (Fsp3) is 0.133. The van der Waals surface area contributed by atoms with E-state index < -0.39 is 0 Å². The molecule has 0 fully saturated rings. The monoisotopic (exact) mass is 367 g/mol. The van der Waals surface area contributed by atoms with Crippen LogP contribution >= 0.6 is 11.3 Å². The lowest BCUT2D eigenvalue weighted by atomic mass is 10.2. The van der Waals surface area contributed by atoms with Crippen LogP contribution in [0.15, 0.2) is 42.4 Å². The number of nitrogens with one attached hydrogen (secondary N) is 2. The highest BCUT2D eigenvalue weighted by Gasteiger charge is 2.16. The summed E-state index contributed by atoms with van der Waals surface area (Å²) in [6, 6.07) is 3.84. The van der Waals surface area contributed by atoms with Crippen LogP contribution in [-0.2, 0) is 6.42 Å². The first-order chi connectivity index (χ1) is 12.8. The Labute approximate surface area is 151 Å². The second-order valence-corrected chi connectivity index (χ2v) is 6.13. The van der Waals surface area contributed by atoms with Crippen LogP contribution in [0.5, 0.6) is 0 Å². The first-order valence-corrected chi connectivity index (χ1v) is 8.59. The van der Waals surface area contributed by atoms with E-state index in [-0.39, 0.29) is 5.91 Å². The third-order valence-corrected chi connectivity index (χ3v) is 4.53. The van der Waals surface area contributed by atoms with Gasteiger partial charge < -0.3 is 5.32 Å². The summed E-state index contributed by atoms with van der Waals surface area (Å²) in [5.74, 6) is 0.162. The minimum atomic E-state index is -0.256. The number of aromatic amines is 1. The highest BCUT2D eigenvalue weighted by Crippen LogP contribution is 2.22.